The van der Waals surface area contributed by atoms with Crippen molar-refractivity contribution >= 4 is 22.7 Å². The third-order valence-electron chi connectivity index (χ3n) is 3.52. The molecule has 1 aromatic carbocycles. The van der Waals surface area contributed by atoms with Gasteiger partial charge in [-0.1, -0.05) is 12.1 Å². The maximum atomic E-state index is 5.80. The van der Waals surface area contributed by atoms with Gasteiger partial charge in [0.25, 0.3) is 0 Å². The summed E-state index contributed by atoms with van der Waals surface area (Å²) in [6.45, 7) is 2.63. The van der Waals surface area contributed by atoms with Crippen LogP contribution in [0.1, 0.15) is 6.42 Å². The van der Waals surface area contributed by atoms with E-state index in [1.54, 1.807) is 0 Å². The Morgan fingerprint density at radius 3 is 3.00 bits per heavy atom. The lowest BCUT2D eigenvalue weighted by Gasteiger charge is -2.22. The van der Waals surface area contributed by atoms with Crippen LogP contribution < -0.4 is 10.6 Å². The van der Waals surface area contributed by atoms with E-state index in [1.807, 2.05) is 31.3 Å². The van der Waals surface area contributed by atoms with E-state index in [2.05, 4.69) is 14.9 Å². The van der Waals surface area contributed by atoms with Crippen LogP contribution in [0, 0.1) is 5.92 Å². The van der Waals surface area contributed by atoms with E-state index in [0.29, 0.717) is 11.9 Å². The van der Waals surface area contributed by atoms with Gasteiger partial charge in [-0.25, -0.2) is 4.98 Å². The molecule has 0 radical (unpaired) electrons. The van der Waals surface area contributed by atoms with Crippen molar-refractivity contribution in [2.45, 2.75) is 6.42 Å². The third-order valence-corrected chi connectivity index (χ3v) is 3.52. The predicted molar refractivity (Wildman–Crippen MR) is 76.1 cm³/mol. The highest BCUT2D eigenvalue weighted by molar-refractivity contribution is 5.90. The van der Waals surface area contributed by atoms with Crippen LogP contribution in [0.15, 0.2) is 24.3 Å². The Kier molecular flexibility index (Phi) is 3.21. The number of hydrogen-bond acceptors (Lipinski definition) is 5. The van der Waals surface area contributed by atoms with E-state index in [1.165, 1.54) is 0 Å². The molecule has 2 aromatic rings. The number of nitrogens with zero attached hydrogens (tertiary/aromatic N) is 3. The number of anilines is 2. The van der Waals surface area contributed by atoms with Crippen LogP contribution >= 0.6 is 0 Å². The van der Waals surface area contributed by atoms with Crippen LogP contribution in [0.2, 0.25) is 0 Å². The second kappa shape index (κ2) is 5.01. The SMILES string of the molecule is CN(CC1CCOC1)c1nc(N)nc2ccccc12. The molecule has 1 atom stereocenters. The van der Waals surface area contributed by atoms with Gasteiger partial charge in [-0.05, 0) is 18.6 Å². The predicted octanol–water partition coefficient (Wildman–Crippen LogP) is 1.68. The van der Waals surface area contributed by atoms with Gasteiger partial charge in [0, 0.05) is 31.5 Å². The van der Waals surface area contributed by atoms with Gasteiger partial charge in [0.15, 0.2) is 0 Å². The van der Waals surface area contributed by atoms with Gasteiger partial charge in [-0.3, -0.25) is 0 Å². The molecule has 3 rings (SSSR count). The highest BCUT2D eigenvalue weighted by Gasteiger charge is 2.19. The van der Waals surface area contributed by atoms with Crippen LogP contribution in [0.5, 0.6) is 0 Å². The first-order chi connectivity index (χ1) is 9.24. The number of benzene rings is 1. The molecule has 0 spiro atoms. The van der Waals surface area contributed by atoms with Gasteiger partial charge >= 0.3 is 0 Å². The second-order valence-corrected chi connectivity index (χ2v) is 5.03. The van der Waals surface area contributed by atoms with Crippen LogP contribution in [0.3, 0.4) is 0 Å². The average molecular weight is 258 g/mol. The van der Waals surface area contributed by atoms with Crippen molar-refractivity contribution in [3.05, 3.63) is 24.3 Å². The molecule has 100 valence electrons. The Balaban J connectivity index is 1.94. The molecular formula is C14H18N4O. The van der Waals surface area contributed by atoms with Crippen molar-refractivity contribution in [3.8, 4) is 0 Å². The Bertz CT molecular complexity index is 581. The lowest BCUT2D eigenvalue weighted by Crippen LogP contribution is -2.27. The molecule has 1 aliphatic rings. The van der Waals surface area contributed by atoms with Crippen molar-refractivity contribution in [1.29, 1.82) is 0 Å². The molecule has 0 saturated carbocycles. The quantitative estimate of drug-likeness (QED) is 0.907. The smallest absolute Gasteiger partial charge is 0.222 e. The fourth-order valence-electron chi connectivity index (χ4n) is 2.57. The van der Waals surface area contributed by atoms with Crippen molar-refractivity contribution in [3.63, 3.8) is 0 Å². The number of nitrogen functional groups attached to an aromatic ring is 1. The second-order valence-electron chi connectivity index (χ2n) is 5.03. The molecule has 1 aliphatic heterocycles. The van der Waals surface area contributed by atoms with Gasteiger partial charge in [0.1, 0.15) is 5.82 Å². The molecule has 1 unspecified atom stereocenters. The number of hydrogen-bond donors (Lipinski definition) is 1. The minimum absolute atomic E-state index is 0.322. The monoisotopic (exact) mass is 258 g/mol. The van der Waals surface area contributed by atoms with E-state index in [4.69, 9.17) is 10.5 Å². The zero-order valence-electron chi connectivity index (χ0n) is 11.0. The van der Waals surface area contributed by atoms with Crippen LogP contribution in [0.4, 0.5) is 11.8 Å². The zero-order chi connectivity index (χ0) is 13.2. The minimum atomic E-state index is 0.322. The standard InChI is InChI=1S/C14H18N4O/c1-18(8-10-6-7-19-9-10)13-11-4-2-3-5-12(11)16-14(15)17-13/h2-5,10H,6-9H2,1H3,(H2,15,16,17). The summed E-state index contributed by atoms with van der Waals surface area (Å²) in [5, 5.41) is 1.04. The molecule has 2 heterocycles. The summed E-state index contributed by atoms with van der Waals surface area (Å²) in [6, 6.07) is 7.95. The van der Waals surface area contributed by atoms with Gasteiger partial charge < -0.3 is 15.4 Å². The Labute approximate surface area is 112 Å². The van der Waals surface area contributed by atoms with Crippen LogP contribution in [-0.2, 0) is 4.74 Å². The maximum Gasteiger partial charge on any atom is 0.222 e. The number of rotatable bonds is 3. The zero-order valence-corrected chi connectivity index (χ0v) is 11.0. The van der Waals surface area contributed by atoms with Crippen molar-refractivity contribution < 1.29 is 4.74 Å². The first-order valence-electron chi connectivity index (χ1n) is 6.55. The first-order valence-corrected chi connectivity index (χ1v) is 6.55. The van der Waals surface area contributed by atoms with Gasteiger partial charge in [0.05, 0.1) is 12.1 Å². The fraction of sp³-hybridized carbons (Fsp3) is 0.429. The lowest BCUT2D eigenvalue weighted by molar-refractivity contribution is 0.186. The Morgan fingerprint density at radius 2 is 2.21 bits per heavy atom. The average Bonchev–Trinajstić information content (AvgIpc) is 2.90. The fourth-order valence-corrected chi connectivity index (χ4v) is 2.57. The summed E-state index contributed by atoms with van der Waals surface area (Å²) in [5.74, 6) is 1.79. The van der Waals surface area contributed by atoms with Crippen molar-refractivity contribution in [2.24, 2.45) is 5.92 Å². The van der Waals surface area contributed by atoms with Crippen LogP contribution in [-0.4, -0.2) is 36.8 Å². The summed E-state index contributed by atoms with van der Waals surface area (Å²) in [7, 11) is 2.05. The maximum absolute atomic E-state index is 5.80. The number of para-hydroxylation sites is 1. The molecule has 5 nitrogen and oxygen atoms in total. The highest BCUT2D eigenvalue weighted by Crippen LogP contribution is 2.25. The Hall–Kier alpha value is -1.88. The van der Waals surface area contributed by atoms with E-state index in [0.717, 1.165) is 42.9 Å². The van der Waals surface area contributed by atoms with Crippen LogP contribution in [0.25, 0.3) is 10.9 Å². The van der Waals surface area contributed by atoms with E-state index >= 15 is 0 Å². The van der Waals surface area contributed by atoms with Gasteiger partial charge in [0.2, 0.25) is 5.95 Å². The molecule has 0 amide bonds. The number of fused-ring (bicyclic) bond motifs is 1. The lowest BCUT2D eigenvalue weighted by atomic mass is 10.1. The Morgan fingerprint density at radius 1 is 1.37 bits per heavy atom. The molecule has 2 N–H and O–H groups in total. The molecule has 1 aromatic heterocycles. The van der Waals surface area contributed by atoms with Crippen molar-refractivity contribution in [1.82, 2.24) is 9.97 Å². The summed E-state index contributed by atoms with van der Waals surface area (Å²) >= 11 is 0. The summed E-state index contributed by atoms with van der Waals surface area (Å²) in [5.41, 5.74) is 6.69. The molecular weight excluding hydrogens is 240 g/mol. The highest BCUT2D eigenvalue weighted by atomic mass is 16.5. The van der Waals surface area contributed by atoms with Gasteiger partial charge in [-0.2, -0.15) is 4.98 Å². The molecule has 0 bridgehead atoms. The number of ether oxygens (including phenoxy) is 1. The summed E-state index contributed by atoms with van der Waals surface area (Å²) in [4.78, 5) is 10.8. The third kappa shape index (κ3) is 2.46. The normalized spacial score (nSPS) is 18.9. The summed E-state index contributed by atoms with van der Waals surface area (Å²) < 4.78 is 5.42. The largest absolute Gasteiger partial charge is 0.381 e. The van der Waals surface area contributed by atoms with E-state index in [9.17, 15) is 0 Å². The van der Waals surface area contributed by atoms with Crippen molar-refractivity contribution in [2.75, 3.05) is 37.4 Å². The van der Waals surface area contributed by atoms with Gasteiger partial charge in [-0.15, -0.1) is 0 Å². The minimum Gasteiger partial charge on any atom is -0.381 e. The first kappa shape index (κ1) is 12.2. The molecule has 19 heavy (non-hydrogen) atoms. The topological polar surface area (TPSA) is 64.3 Å². The van der Waals surface area contributed by atoms with E-state index < -0.39 is 0 Å². The molecule has 1 saturated heterocycles. The number of aromatic nitrogens is 2. The number of nitrogens with two attached hydrogens (primary N) is 1. The molecule has 5 heteroatoms. The summed E-state index contributed by atoms with van der Waals surface area (Å²) in [6.07, 6.45) is 1.11. The molecule has 0 aliphatic carbocycles. The van der Waals surface area contributed by atoms with E-state index in [-0.39, 0.29) is 0 Å². The molecule has 1 fully saturated rings.